The lowest BCUT2D eigenvalue weighted by Crippen LogP contribution is -2.36. The summed E-state index contributed by atoms with van der Waals surface area (Å²) in [7, 11) is 0. The van der Waals surface area contributed by atoms with Crippen LogP contribution in [-0.4, -0.2) is 33.7 Å². The first-order valence-electron chi connectivity index (χ1n) is 8.28. The molecular weight excluding hydrogens is 323 g/mol. The van der Waals surface area contributed by atoms with Crippen LogP contribution in [0.15, 0.2) is 24.3 Å². The Labute approximate surface area is 145 Å². The predicted octanol–water partition coefficient (Wildman–Crippen LogP) is 1.82. The van der Waals surface area contributed by atoms with E-state index in [9.17, 15) is 14.0 Å². The van der Waals surface area contributed by atoms with Gasteiger partial charge in [0.15, 0.2) is 0 Å². The third-order valence-electron chi connectivity index (χ3n) is 4.13. The summed E-state index contributed by atoms with van der Waals surface area (Å²) in [4.78, 5) is 24.2. The quantitative estimate of drug-likeness (QED) is 0.888. The highest BCUT2D eigenvalue weighted by Gasteiger charge is 2.26. The second-order valence-corrected chi connectivity index (χ2v) is 6.67. The molecule has 0 bridgehead atoms. The Morgan fingerprint density at radius 3 is 2.68 bits per heavy atom. The number of aryl methyl sites for hydroxylation is 1. The highest BCUT2D eigenvalue weighted by molar-refractivity contribution is 5.94. The molecule has 2 heterocycles. The van der Waals surface area contributed by atoms with E-state index in [1.54, 1.807) is 29.8 Å². The molecule has 0 aliphatic carbocycles. The van der Waals surface area contributed by atoms with E-state index in [1.807, 2.05) is 13.8 Å². The van der Waals surface area contributed by atoms with Crippen molar-refractivity contribution < 1.29 is 14.0 Å². The number of amides is 2. The van der Waals surface area contributed by atoms with Gasteiger partial charge in [-0.2, -0.15) is 5.10 Å². The average molecular weight is 344 g/mol. The molecule has 1 aromatic carbocycles. The Balaban J connectivity index is 1.62. The van der Waals surface area contributed by atoms with Crippen molar-refractivity contribution in [3.8, 4) is 0 Å². The summed E-state index contributed by atoms with van der Waals surface area (Å²) in [6.07, 6.45) is 0.585. The van der Waals surface area contributed by atoms with E-state index in [4.69, 9.17) is 0 Å². The lowest BCUT2D eigenvalue weighted by Gasteiger charge is -2.12. The van der Waals surface area contributed by atoms with Gasteiger partial charge in [-0.25, -0.2) is 4.39 Å². The number of nitrogens with one attached hydrogen (secondary N) is 2. The van der Waals surface area contributed by atoms with Crippen LogP contribution >= 0.6 is 0 Å². The average Bonchev–Trinajstić information content (AvgIpc) is 3.07. The molecule has 0 unspecified atom stereocenters. The van der Waals surface area contributed by atoms with Crippen LogP contribution in [0.5, 0.6) is 0 Å². The number of hydrogen-bond donors (Lipinski definition) is 2. The molecule has 1 atom stereocenters. The summed E-state index contributed by atoms with van der Waals surface area (Å²) in [5, 5.41) is 9.98. The van der Waals surface area contributed by atoms with Crippen molar-refractivity contribution in [2.24, 2.45) is 0 Å². The number of carbonyl (C=O) groups excluding carboxylic acids is 2. The van der Waals surface area contributed by atoms with Crippen molar-refractivity contribution >= 4 is 11.8 Å². The summed E-state index contributed by atoms with van der Waals surface area (Å²) in [6, 6.07) is 6.11. The van der Waals surface area contributed by atoms with E-state index < -0.39 is 5.82 Å². The Morgan fingerprint density at radius 1 is 1.28 bits per heavy atom. The largest absolute Gasteiger partial charge is 0.348 e. The number of benzene rings is 1. The molecule has 1 aromatic heterocycles. The standard InChI is InChI=1S/C18H21FN4O2/c1-10(2)20-18(25)16-8-14-7-13(9-23(14)22-16)21-17(24)12-5-4-11(3)15(19)6-12/h4-6,8,10,13H,7,9H2,1-3H3,(H,20,25)(H,21,24)/t13-/m0/s1. The third-order valence-corrected chi connectivity index (χ3v) is 4.13. The minimum atomic E-state index is -0.396. The molecule has 2 aromatic rings. The Bertz CT molecular complexity index is 805. The zero-order valence-corrected chi connectivity index (χ0v) is 14.5. The van der Waals surface area contributed by atoms with Crippen LogP contribution in [-0.2, 0) is 13.0 Å². The van der Waals surface area contributed by atoms with E-state index in [0.717, 1.165) is 5.69 Å². The first-order valence-corrected chi connectivity index (χ1v) is 8.28. The molecule has 0 saturated heterocycles. The molecule has 0 fully saturated rings. The summed E-state index contributed by atoms with van der Waals surface area (Å²) in [5.74, 6) is -0.909. The van der Waals surface area contributed by atoms with Gasteiger partial charge in [-0.15, -0.1) is 0 Å². The molecular formula is C18H21FN4O2. The molecule has 7 heteroatoms. The summed E-state index contributed by atoms with van der Waals surface area (Å²) < 4.78 is 15.3. The van der Waals surface area contributed by atoms with E-state index in [0.29, 0.717) is 29.8 Å². The van der Waals surface area contributed by atoms with Gasteiger partial charge in [0.1, 0.15) is 11.5 Å². The molecule has 2 N–H and O–H groups in total. The summed E-state index contributed by atoms with van der Waals surface area (Å²) in [6.45, 7) is 5.92. The molecule has 25 heavy (non-hydrogen) atoms. The first kappa shape index (κ1) is 17.1. The van der Waals surface area contributed by atoms with E-state index in [2.05, 4.69) is 15.7 Å². The van der Waals surface area contributed by atoms with E-state index in [-0.39, 0.29) is 23.9 Å². The number of halogens is 1. The molecule has 132 valence electrons. The van der Waals surface area contributed by atoms with Crippen LogP contribution in [0.25, 0.3) is 0 Å². The molecule has 1 aliphatic heterocycles. The second-order valence-electron chi connectivity index (χ2n) is 6.67. The Morgan fingerprint density at radius 2 is 2.04 bits per heavy atom. The van der Waals surface area contributed by atoms with Gasteiger partial charge in [0.25, 0.3) is 11.8 Å². The van der Waals surface area contributed by atoms with Crippen molar-refractivity contribution in [1.82, 2.24) is 20.4 Å². The van der Waals surface area contributed by atoms with Crippen LogP contribution in [0.3, 0.4) is 0 Å². The number of fused-ring (bicyclic) bond motifs is 1. The number of aromatic nitrogens is 2. The molecule has 0 radical (unpaired) electrons. The van der Waals surface area contributed by atoms with Gasteiger partial charge in [-0.3, -0.25) is 14.3 Å². The van der Waals surface area contributed by atoms with Crippen LogP contribution in [0.1, 0.15) is 46.0 Å². The monoisotopic (exact) mass is 344 g/mol. The van der Waals surface area contributed by atoms with Crippen LogP contribution in [0.4, 0.5) is 4.39 Å². The molecule has 2 amide bonds. The van der Waals surface area contributed by atoms with Crippen molar-refractivity contribution in [2.75, 3.05) is 0 Å². The van der Waals surface area contributed by atoms with Gasteiger partial charge in [-0.05, 0) is 44.5 Å². The predicted molar refractivity (Wildman–Crippen MR) is 90.9 cm³/mol. The van der Waals surface area contributed by atoms with Crippen molar-refractivity contribution in [1.29, 1.82) is 0 Å². The Kier molecular flexibility index (Phi) is 4.57. The topological polar surface area (TPSA) is 76.0 Å². The lowest BCUT2D eigenvalue weighted by atomic mass is 10.1. The maximum Gasteiger partial charge on any atom is 0.271 e. The van der Waals surface area contributed by atoms with Gasteiger partial charge in [0.2, 0.25) is 0 Å². The fraction of sp³-hybridized carbons (Fsp3) is 0.389. The lowest BCUT2D eigenvalue weighted by molar-refractivity contribution is 0.0923. The first-order chi connectivity index (χ1) is 11.8. The van der Waals surface area contributed by atoms with Gasteiger partial charge in [0.05, 0.1) is 12.6 Å². The maximum absolute atomic E-state index is 13.6. The number of rotatable bonds is 4. The van der Waals surface area contributed by atoms with Gasteiger partial charge in [-0.1, -0.05) is 6.07 Å². The number of carbonyl (C=O) groups is 2. The number of nitrogens with zero attached hydrogens (tertiary/aromatic N) is 2. The molecule has 3 rings (SSSR count). The molecule has 1 aliphatic rings. The molecule has 0 spiro atoms. The van der Waals surface area contributed by atoms with Crippen molar-refractivity contribution in [3.63, 3.8) is 0 Å². The summed E-state index contributed by atoms with van der Waals surface area (Å²) in [5.41, 5.74) is 2.08. The smallest absolute Gasteiger partial charge is 0.271 e. The van der Waals surface area contributed by atoms with Crippen LogP contribution < -0.4 is 10.6 Å². The highest BCUT2D eigenvalue weighted by Crippen LogP contribution is 2.17. The van der Waals surface area contributed by atoms with E-state index in [1.165, 1.54) is 6.07 Å². The van der Waals surface area contributed by atoms with Gasteiger partial charge in [0, 0.05) is 23.7 Å². The fourth-order valence-corrected chi connectivity index (χ4v) is 2.85. The SMILES string of the molecule is Cc1ccc(C(=O)N[C@H]2Cc3cc(C(=O)NC(C)C)nn3C2)cc1F. The Hall–Kier alpha value is -2.70. The molecule has 6 nitrogen and oxygen atoms in total. The summed E-state index contributed by atoms with van der Waals surface area (Å²) >= 11 is 0. The van der Waals surface area contributed by atoms with Gasteiger partial charge < -0.3 is 10.6 Å². The third kappa shape index (κ3) is 3.70. The zero-order valence-electron chi connectivity index (χ0n) is 14.5. The minimum absolute atomic E-state index is 0.0472. The van der Waals surface area contributed by atoms with Crippen molar-refractivity contribution in [2.45, 2.75) is 45.8 Å². The van der Waals surface area contributed by atoms with Crippen LogP contribution in [0, 0.1) is 12.7 Å². The maximum atomic E-state index is 13.6. The highest BCUT2D eigenvalue weighted by atomic mass is 19.1. The fourth-order valence-electron chi connectivity index (χ4n) is 2.85. The number of hydrogen-bond acceptors (Lipinski definition) is 3. The van der Waals surface area contributed by atoms with Crippen molar-refractivity contribution in [3.05, 3.63) is 52.6 Å². The molecule has 0 saturated carbocycles. The minimum Gasteiger partial charge on any atom is -0.348 e. The normalized spacial score (nSPS) is 16.0. The zero-order chi connectivity index (χ0) is 18.1. The van der Waals surface area contributed by atoms with Crippen LogP contribution in [0.2, 0.25) is 0 Å². The van der Waals surface area contributed by atoms with E-state index >= 15 is 0 Å². The second kappa shape index (κ2) is 6.66. The van der Waals surface area contributed by atoms with Gasteiger partial charge >= 0.3 is 0 Å².